The molecule has 0 amide bonds. The van der Waals surface area contributed by atoms with Crippen LogP contribution < -0.4 is 0 Å². The average Bonchev–Trinajstić information content (AvgIpc) is 3.15. The number of aryl methyl sites for hydroxylation is 1. The highest BCUT2D eigenvalue weighted by molar-refractivity contribution is 7.98. The summed E-state index contributed by atoms with van der Waals surface area (Å²) in [6.07, 6.45) is 4.52. The zero-order valence-electron chi connectivity index (χ0n) is 13.2. The van der Waals surface area contributed by atoms with Gasteiger partial charge in [0.25, 0.3) is 0 Å². The van der Waals surface area contributed by atoms with E-state index < -0.39 is 17.2 Å². The van der Waals surface area contributed by atoms with Crippen molar-refractivity contribution in [2.75, 3.05) is 18.6 Å². The first-order valence-corrected chi connectivity index (χ1v) is 8.97. The molecule has 0 bridgehead atoms. The normalized spacial score (nSPS) is 21.0. The molecular weight excluding hydrogens is 320 g/mol. The van der Waals surface area contributed by atoms with Crippen molar-refractivity contribution < 1.29 is 13.5 Å². The van der Waals surface area contributed by atoms with Gasteiger partial charge in [-0.3, -0.25) is 0 Å². The van der Waals surface area contributed by atoms with Crippen molar-refractivity contribution in [1.82, 2.24) is 14.8 Å². The summed E-state index contributed by atoms with van der Waals surface area (Å²) in [7, 11) is 0. The molecule has 0 unspecified atom stereocenters. The molecule has 124 valence electrons. The monoisotopic (exact) mass is 339 g/mol. The van der Waals surface area contributed by atoms with Gasteiger partial charge in [0.05, 0.1) is 5.69 Å². The van der Waals surface area contributed by atoms with Crippen molar-refractivity contribution in [3.05, 3.63) is 41.5 Å². The molecule has 0 N–H and O–H groups in total. The Hall–Kier alpha value is -1.47. The maximum Gasteiger partial charge on any atom is 0.164 e. The Balaban J connectivity index is 2.05. The Morgan fingerprint density at radius 1 is 1.35 bits per heavy atom. The molecule has 1 saturated heterocycles. The van der Waals surface area contributed by atoms with Gasteiger partial charge >= 0.3 is 0 Å². The Labute approximate surface area is 138 Å². The van der Waals surface area contributed by atoms with E-state index in [0.29, 0.717) is 23.9 Å². The van der Waals surface area contributed by atoms with Crippen LogP contribution in [0.5, 0.6) is 0 Å². The van der Waals surface area contributed by atoms with Crippen molar-refractivity contribution in [2.24, 2.45) is 0 Å². The quantitative estimate of drug-likeness (QED) is 0.836. The van der Waals surface area contributed by atoms with E-state index in [1.54, 1.807) is 16.4 Å². The summed E-state index contributed by atoms with van der Waals surface area (Å²) in [5.74, 6) is 0.472. The lowest BCUT2D eigenvalue weighted by Crippen LogP contribution is -2.25. The summed E-state index contributed by atoms with van der Waals surface area (Å²) in [5.41, 5.74) is -0.0892. The molecule has 4 nitrogen and oxygen atoms in total. The molecule has 1 aromatic carbocycles. The lowest BCUT2D eigenvalue weighted by atomic mass is 10.0. The third-order valence-electron chi connectivity index (χ3n) is 4.02. The second kappa shape index (κ2) is 6.57. The van der Waals surface area contributed by atoms with Crippen molar-refractivity contribution >= 4 is 11.8 Å². The molecule has 23 heavy (non-hydrogen) atoms. The van der Waals surface area contributed by atoms with E-state index in [-0.39, 0.29) is 0 Å². The van der Waals surface area contributed by atoms with E-state index in [0.717, 1.165) is 37.1 Å². The van der Waals surface area contributed by atoms with E-state index >= 15 is 0 Å². The molecule has 0 aliphatic carbocycles. The predicted octanol–water partition coefficient (Wildman–Crippen LogP) is 3.48. The maximum absolute atomic E-state index is 13.6. The van der Waals surface area contributed by atoms with E-state index in [4.69, 9.17) is 4.74 Å². The first kappa shape index (κ1) is 16.4. The molecule has 1 aliphatic rings. The lowest BCUT2D eigenvalue weighted by Gasteiger charge is -2.22. The highest BCUT2D eigenvalue weighted by atomic mass is 32.2. The van der Waals surface area contributed by atoms with Crippen molar-refractivity contribution in [3.63, 3.8) is 0 Å². The summed E-state index contributed by atoms with van der Waals surface area (Å²) in [6.45, 7) is 2.64. The third kappa shape index (κ3) is 3.26. The van der Waals surface area contributed by atoms with Crippen molar-refractivity contribution in [1.29, 1.82) is 0 Å². The number of rotatable bonds is 5. The zero-order valence-corrected chi connectivity index (χ0v) is 14.0. The summed E-state index contributed by atoms with van der Waals surface area (Å²) >= 11 is 1.71. The van der Waals surface area contributed by atoms with Gasteiger partial charge < -0.3 is 4.74 Å². The number of ether oxygens (including phenoxy) is 1. The first-order chi connectivity index (χ1) is 11.0. The Kier molecular flexibility index (Phi) is 4.68. The van der Waals surface area contributed by atoms with Crippen molar-refractivity contribution in [2.45, 2.75) is 31.8 Å². The summed E-state index contributed by atoms with van der Waals surface area (Å²) in [5, 5.41) is 4.50. The third-order valence-corrected chi connectivity index (χ3v) is 4.63. The molecule has 3 rings (SSSR count). The van der Waals surface area contributed by atoms with Gasteiger partial charge in [-0.05, 0) is 38.2 Å². The number of benzene rings is 1. The Bertz CT molecular complexity index is 699. The zero-order chi connectivity index (χ0) is 16.4. The van der Waals surface area contributed by atoms with Gasteiger partial charge in [0.15, 0.2) is 23.3 Å². The van der Waals surface area contributed by atoms with Crippen LogP contribution in [-0.4, -0.2) is 33.4 Å². The largest absolute Gasteiger partial charge is 0.367 e. The Morgan fingerprint density at radius 3 is 2.83 bits per heavy atom. The average molecular weight is 339 g/mol. The van der Waals surface area contributed by atoms with Gasteiger partial charge in [0.2, 0.25) is 0 Å². The second-order valence-corrected chi connectivity index (χ2v) is 6.77. The molecule has 0 saturated carbocycles. The second-order valence-electron chi connectivity index (χ2n) is 5.79. The van der Waals surface area contributed by atoms with Crippen LogP contribution in [0.15, 0.2) is 18.2 Å². The maximum atomic E-state index is 13.6. The van der Waals surface area contributed by atoms with Gasteiger partial charge in [-0.25, -0.2) is 18.4 Å². The minimum atomic E-state index is -0.896. The van der Waals surface area contributed by atoms with E-state index in [9.17, 15) is 8.78 Å². The highest BCUT2D eigenvalue weighted by Gasteiger charge is 2.37. The van der Waals surface area contributed by atoms with Crippen LogP contribution in [0.1, 0.15) is 31.4 Å². The number of thioether (sulfide) groups is 1. The number of nitrogens with zero attached hydrogens (tertiary/aromatic N) is 3. The number of halogens is 2. The number of hydrogen-bond donors (Lipinski definition) is 0. The summed E-state index contributed by atoms with van der Waals surface area (Å²) < 4.78 is 34.3. The smallest absolute Gasteiger partial charge is 0.164 e. The minimum absolute atomic E-state index is 0.457. The predicted molar refractivity (Wildman–Crippen MR) is 85.9 cm³/mol. The molecule has 1 atom stereocenters. The molecule has 1 aromatic heterocycles. The standard InChI is InChI=1S/C16H19F2N3OS/c1-16(7-3-8-22-16)15-19-14(6-9-23-2)20-21(15)11-4-5-12(17)13(18)10-11/h4-5,10H,3,6-9H2,1-2H3/t16-/m0/s1. The minimum Gasteiger partial charge on any atom is -0.367 e. The molecule has 1 aliphatic heterocycles. The highest BCUT2D eigenvalue weighted by Crippen LogP contribution is 2.35. The number of aromatic nitrogens is 3. The van der Waals surface area contributed by atoms with Crippen LogP contribution in [0.25, 0.3) is 5.69 Å². The first-order valence-electron chi connectivity index (χ1n) is 7.58. The molecule has 0 spiro atoms. The van der Waals surface area contributed by atoms with Gasteiger partial charge in [0.1, 0.15) is 5.60 Å². The van der Waals surface area contributed by atoms with Gasteiger partial charge in [-0.1, -0.05) is 0 Å². The lowest BCUT2D eigenvalue weighted by molar-refractivity contribution is 0.00761. The van der Waals surface area contributed by atoms with Gasteiger partial charge in [-0.2, -0.15) is 16.9 Å². The van der Waals surface area contributed by atoms with Crippen LogP contribution in [0.3, 0.4) is 0 Å². The fourth-order valence-corrected chi connectivity index (χ4v) is 3.14. The molecule has 1 fully saturated rings. The molecule has 7 heteroatoms. The van der Waals surface area contributed by atoms with Crippen LogP contribution >= 0.6 is 11.8 Å². The topological polar surface area (TPSA) is 39.9 Å². The van der Waals surface area contributed by atoms with E-state index in [2.05, 4.69) is 10.1 Å². The van der Waals surface area contributed by atoms with E-state index in [1.165, 1.54) is 6.07 Å². The fraction of sp³-hybridized carbons (Fsp3) is 0.500. The Morgan fingerprint density at radius 2 is 2.17 bits per heavy atom. The SMILES string of the molecule is CSCCc1nc([C@]2(C)CCCO2)n(-c2ccc(F)c(F)c2)n1. The van der Waals surface area contributed by atoms with Gasteiger partial charge in [0, 0.05) is 24.8 Å². The van der Waals surface area contributed by atoms with Crippen LogP contribution in [-0.2, 0) is 16.8 Å². The summed E-state index contributed by atoms with van der Waals surface area (Å²) in [6, 6.07) is 3.76. The fourth-order valence-electron chi connectivity index (χ4n) is 2.75. The van der Waals surface area contributed by atoms with Gasteiger partial charge in [-0.15, -0.1) is 0 Å². The summed E-state index contributed by atoms with van der Waals surface area (Å²) in [4.78, 5) is 4.63. The van der Waals surface area contributed by atoms with Crippen LogP contribution in [0.4, 0.5) is 8.78 Å². The van der Waals surface area contributed by atoms with Crippen LogP contribution in [0.2, 0.25) is 0 Å². The molecule has 2 aromatic rings. The molecule has 0 radical (unpaired) electrons. The van der Waals surface area contributed by atoms with E-state index in [1.807, 2.05) is 13.2 Å². The molecular formula is C16H19F2N3OS. The number of hydrogen-bond acceptors (Lipinski definition) is 4. The molecule has 2 heterocycles. The van der Waals surface area contributed by atoms with Crippen molar-refractivity contribution in [3.8, 4) is 5.69 Å². The van der Waals surface area contributed by atoms with Crippen LogP contribution in [0, 0.1) is 11.6 Å².